The first kappa shape index (κ1) is 50.6. The molecule has 306 valence electrons. The quantitative estimate of drug-likeness (QED) is 0.0272. The topological polar surface area (TPSA) is 78.9 Å². The number of hydrogen-bond donors (Lipinski definition) is 0. The molecule has 1 atom stereocenters. The maximum atomic E-state index is 12.7. The maximum Gasteiger partial charge on any atom is 0.306 e. The molecule has 6 heteroatoms. The van der Waals surface area contributed by atoms with Crippen LogP contribution < -0.4 is 0 Å². The van der Waals surface area contributed by atoms with Crippen LogP contribution in [0.15, 0.2) is 85.1 Å². The number of carbonyl (C=O) groups excluding carboxylic acids is 3. The zero-order valence-corrected chi connectivity index (χ0v) is 34.7. The Morgan fingerprint density at radius 3 is 1.19 bits per heavy atom. The van der Waals surface area contributed by atoms with Gasteiger partial charge in [-0.15, -0.1) is 0 Å². The third-order valence-corrected chi connectivity index (χ3v) is 8.61. The highest BCUT2D eigenvalue weighted by molar-refractivity contribution is 5.71. The molecular formula is C48H78O6. The van der Waals surface area contributed by atoms with Crippen LogP contribution in [-0.4, -0.2) is 37.2 Å². The molecule has 0 aliphatic carbocycles. The summed E-state index contributed by atoms with van der Waals surface area (Å²) in [5, 5.41) is 0. The second-order valence-electron chi connectivity index (χ2n) is 13.8. The Morgan fingerprint density at radius 1 is 0.389 bits per heavy atom. The molecule has 54 heavy (non-hydrogen) atoms. The van der Waals surface area contributed by atoms with Gasteiger partial charge >= 0.3 is 17.9 Å². The molecular weight excluding hydrogens is 673 g/mol. The lowest BCUT2D eigenvalue weighted by atomic mass is 10.1. The van der Waals surface area contributed by atoms with E-state index in [0.29, 0.717) is 19.3 Å². The van der Waals surface area contributed by atoms with Crippen molar-refractivity contribution in [2.45, 2.75) is 187 Å². The van der Waals surface area contributed by atoms with Gasteiger partial charge in [-0.05, 0) is 109 Å². The lowest BCUT2D eigenvalue weighted by Crippen LogP contribution is -2.30. The second-order valence-corrected chi connectivity index (χ2v) is 13.8. The highest BCUT2D eigenvalue weighted by Gasteiger charge is 2.19. The molecule has 0 saturated carbocycles. The van der Waals surface area contributed by atoms with Crippen molar-refractivity contribution in [2.24, 2.45) is 0 Å². The number of ether oxygens (including phenoxy) is 3. The summed E-state index contributed by atoms with van der Waals surface area (Å²) < 4.78 is 16.6. The molecule has 0 bridgehead atoms. The van der Waals surface area contributed by atoms with Crippen molar-refractivity contribution in [3.63, 3.8) is 0 Å². The molecule has 0 saturated heterocycles. The first-order chi connectivity index (χ1) is 26.5. The first-order valence-corrected chi connectivity index (χ1v) is 21.6. The molecule has 0 aliphatic heterocycles. The second kappa shape index (κ2) is 42.3. The van der Waals surface area contributed by atoms with Crippen LogP contribution in [-0.2, 0) is 28.6 Å². The van der Waals surface area contributed by atoms with Crippen LogP contribution in [0.25, 0.3) is 0 Å². The van der Waals surface area contributed by atoms with Crippen LogP contribution in [0.3, 0.4) is 0 Å². The molecule has 0 aromatic carbocycles. The molecule has 0 aliphatic rings. The number of hydrogen-bond acceptors (Lipinski definition) is 6. The van der Waals surface area contributed by atoms with E-state index in [1.165, 1.54) is 32.1 Å². The van der Waals surface area contributed by atoms with E-state index in [2.05, 4.69) is 106 Å². The summed E-state index contributed by atoms with van der Waals surface area (Å²) in [7, 11) is 0. The molecule has 0 radical (unpaired) electrons. The zero-order valence-electron chi connectivity index (χ0n) is 34.7. The Balaban J connectivity index is 4.53. The molecule has 0 aromatic heterocycles. The number of rotatable bonds is 37. The molecule has 0 rings (SSSR count). The lowest BCUT2D eigenvalue weighted by Gasteiger charge is -2.18. The van der Waals surface area contributed by atoms with E-state index < -0.39 is 6.10 Å². The van der Waals surface area contributed by atoms with Crippen molar-refractivity contribution >= 4 is 17.9 Å². The van der Waals surface area contributed by atoms with Gasteiger partial charge in [-0.3, -0.25) is 14.4 Å². The molecule has 6 nitrogen and oxygen atoms in total. The predicted octanol–water partition coefficient (Wildman–Crippen LogP) is 13.7. The highest BCUT2D eigenvalue weighted by Crippen LogP contribution is 2.11. The van der Waals surface area contributed by atoms with Crippen LogP contribution >= 0.6 is 0 Å². The highest BCUT2D eigenvalue weighted by atomic mass is 16.6. The molecule has 0 fully saturated rings. The van der Waals surface area contributed by atoms with E-state index in [-0.39, 0.29) is 37.5 Å². The summed E-state index contributed by atoms with van der Waals surface area (Å²) in [6.45, 7) is 6.27. The van der Waals surface area contributed by atoms with Gasteiger partial charge in [0.2, 0.25) is 0 Å². The Bertz CT molecular complexity index is 1090. The zero-order chi connectivity index (χ0) is 39.4. The van der Waals surface area contributed by atoms with Gasteiger partial charge in [0.1, 0.15) is 13.2 Å². The van der Waals surface area contributed by atoms with Gasteiger partial charge in [0.25, 0.3) is 0 Å². The van der Waals surface area contributed by atoms with E-state index >= 15 is 0 Å². The van der Waals surface area contributed by atoms with Crippen molar-refractivity contribution in [3.8, 4) is 0 Å². The Morgan fingerprint density at radius 2 is 0.722 bits per heavy atom. The fourth-order valence-corrected chi connectivity index (χ4v) is 5.40. The van der Waals surface area contributed by atoms with Gasteiger partial charge in [-0.25, -0.2) is 0 Å². The SMILES string of the molecule is CC/C=C\C/C=C\C/C=C\CCCCC(=O)OCC(COC(=O)CCCCCCC/C=C\CCCCC)OC(=O)CCCC/C=C\C/C=C\C/C=C\CC. The van der Waals surface area contributed by atoms with E-state index in [1.807, 2.05) is 0 Å². The summed E-state index contributed by atoms with van der Waals surface area (Å²) in [6.07, 6.45) is 52.9. The van der Waals surface area contributed by atoms with Crippen molar-refractivity contribution in [1.82, 2.24) is 0 Å². The van der Waals surface area contributed by atoms with Gasteiger partial charge in [0, 0.05) is 19.3 Å². The van der Waals surface area contributed by atoms with Gasteiger partial charge in [0.05, 0.1) is 0 Å². The molecule has 0 amide bonds. The van der Waals surface area contributed by atoms with Crippen LogP contribution in [0.2, 0.25) is 0 Å². The van der Waals surface area contributed by atoms with Crippen LogP contribution in [0.5, 0.6) is 0 Å². The molecule has 0 aromatic rings. The largest absolute Gasteiger partial charge is 0.462 e. The number of unbranched alkanes of at least 4 members (excludes halogenated alkanes) is 12. The number of carbonyl (C=O) groups is 3. The summed E-state index contributed by atoms with van der Waals surface area (Å²) >= 11 is 0. The van der Waals surface area contributed by atoms with Crippen LogP contribution in [0.4, 0.5) is 0 Å². The van der Waals surface area contributed by atoms with Crippen molar-refractivity contribution < 1.29 is 28.6 Å². The summed E-state index contributed by atoms with van der Waals surface area (Å²) in [5.74, 6) is -1.01. The summed E-state index contributed by atoms with van der Waals surface area (Å²) in [6, 6.07) is 0. The minimum Gasteiger partial charge on any atom is -0.462 e. The monoisotopic (exact) mass is 751 g/mol. The third-order valence-electron chi connectivity index (χ3n) is 8.61. The van der Waals surface area contributed by atoms with Crippen LogP contribution in [0, 0.1) is 0 Å². The number of esters is 3. The van der Waals surface area contributed by atoms with Crippen molar-refractivity contribution in [2.75, 3.05) is 13.2 Å². The van der Waals surface area contributed by atoms with Crippen LogP contribution in [0.1, 0.15) is 181 Å². The molecule has 0 N–H and O–H groups in total. The minimum absolute atomic E-state index is 0.110. The van der Waals surface area contributed by atoms with Gasteiger partial charge in [-0.1, -0.05) is 138 Å². The number of allylic oxidation sites excluding steroid dienone is 14. The normalized spacial score (nSPS) is 12.9. The summed E-state index contributed by atoms with van der Waals surface area (Å²) in [4.78, 5) is 37.6. The average molecular weight is 751 g/mol. The molecule has 1 unspecified atom stereocenters. The van der Waals surface area contributed by atoms with Gasteiger partial charge < -0.3 is 14.2 Å². The summed E-state index contributed by atoms with van der Waals surface area (Å²) in [5.41, 5.74) is 0. The fourth-order valence-electron chi connectivity index (χ4n) is 5.40. The lowest BCUT2D eigenvalue weighted by molar-refractivity contribution is -0.167. The smallest absolute Gasteiger partial charge is 0.306 e. The first-order valence-electron chi connectivity index (χ1n) is 21.6. The average Bonchev–Trinajstić information content (AvgIpc) is 3.17. The Kier molecular flexibility index (Phi) is 39.7. The third kappa shape index (κ3) is 39.8. The maximum absolute atomic E-state index is 12.7. The van der Waals surface area contributed by atoms with E-state index in [1.54, 1.807) is 0 Å². The van der Waals surface area contributed by atoms with E-state index in [0.717, 1.165) is 103 Å². The minimum atomic E-state index is -0.812. The van der Waals surface area contributed by atoms with Gasteiger partial charge in [0.15, 0.2) is 6.10 Å². The predicted molar refractivity (Wildman–Crippen MR) is 228 cm³/mol. The standard InChI is InChI=1S/C48H78O6/c1-4-7-10-13-16-19-22-25-28-31-34-37-40-46(49)52-43-45(54-48(51)42-39-36-33-30-27-24-21-18-15-12-9-6-3)44-53-47(50)41-38-35-32-29-26-23-20-17-14-11-8-5-2/h7,9-10,12,16-21,25,27-28,30,45H,4-6,8,11,13-15,22-24,26,29,31-44H2,1-3H3/b10-7-,12-9-,19-16-,20-17-,21-18-,28-25-,30-27-. The Hall–Kier alpha value is -3.41. The molecule has 0 spiro atoms. The van der Waals surface area contributed by atoms with Gasteiger partial charge in [-0.2, -0.15) is 0 Å². The van der Waals surface area contributed by atoms with E-state index in [4.69, 9.17) is 14.2 Å². The van der Waals surface area contributed by atoms with Crippen molar-refractivity contribution in [1.29, 1.82) is 0 Å². The van der Waals surface area contributed by atoms with E-state index in [9.17, 15) is 14.4 Å². The van der Waals surface area contributed by atoms with Crippen molar-refractivity contribution in [3.05, 3.63) is 85.1 Å². The fraction of sp³-hybridized carbons (Fsp3) is 0.646. The molecule has 0 heterocycles. The Labute approximate surface area is 331 Å².